The van der Waals surface area contributed by atoms with E-state index in [0.29, 0.717) is 18.1 Å². The largest absolute Gasteiger partial charge is 0.497 e. The Labute approximate surface area is 121 Å². The third-order valence-electron chi connectivity index (χ3n) is 4.45. The monoisotopic (exact) mass is 275 g/mol. The Morgan fingerprint density at radius 2 is 1.85 bits per heavy atom. The molecule has 0 saturated heterocycles. The highest BCUT2D eigenvalue weighted by atomic mass is 16.5. The highest BCUT2D eigenvalue weighted by molar-refractivity contribution is 5.81. The number of carbonyl (C=O) groups excluding carboxylic acids is 1. The topological polar surface area (TPSA) is 52.3 Å². The Kier molecular flexibility index (Phi) is 5.60. The minimum atomic E-state index is 0.274. The number of aryl methyl sites for hydroxylation is 1. The molecule has 0 atom stereocenters. The molecule has 0 heterocycles. The lowest BCUT2D eigenvalue weighted by Gasteiger charge is -2.26. The number of hydrogen-bond donors (Lipinski definition) is 1. The fourth-order valence-electron chi connectivity index (χ4n) is 2.98. The summed E-state index contributed by atoms with van der Waals surface area (Å²) in [4.78, 5) is 12.2. The lowest BCUT2D eigenvalue weighted by Crippen LogP contribution is -2.25. The molecule has 1 aliphatic carbocycles. The van der Waals surface area contributed by atoms with Crippen LogP contribution in [0.4, 0.5) is 0 Å². The summed E-state index contributed by atoms with van der Waals surface area (Å²) >= 11 is 0. The molecule has 1 fully saturated rings. The Hall–Kier alpha value is -1.35. The zero-order valence-electron chi connectivity index (χ0n) is 12.3. The van der Waals surface area contributed by atoms with Crippen molar-refractivity contribution in [2.24, 2.45) is 17.6 Å². The summed E-state index contributed by atoms with van der Waals surface area (Å²) < 4.78 is 5.13. The molecular formula is C17H25NO2. The van der Waals surface area contributed by atoms with Crippen molar-refractivity contribution in [3.05, 3.63) is 29.8 Å². The molecule has 0 radical (unpaired) electrons. The van der Waals surface area contributed by atoms with E-state index in [1.807, 2.05) is 24.3 Å². The maximum atomic E-state index is 12.2. The van der Waals surface area contributed by atoms with Crippen molar-refractivity contribution in [2.75, 3.05) is 13.7 Å². The summed E-state index contributed by atoms with van der Waals surface area (Å²) in [7, 11) is 1.66. The number of nitrogens with two attached hydrogens (primary N) is 1. The van der Waals surface area contributed by atoms with E-state index in [-0.39, 0.29) is 5.92 Å². The minimum Gasteiger partial charge on any atom is -0.497 e. The number of ether oxygens (including phenoxy) is 1. The molecule has 1 aromatic carbocycles. The first-order valence-electron chi connectivity index (χ1n) is 7.58. The van der Waals surface area contributed by atoms with E-state index < -0.39 is 0 Å². The highest BCUT2D eigenvalue weighted by Crippen LogP contribution is 2.29. The third kappa shape index (κ3) is 4.07. The third-order valence-corrected chi connectivity index (χ3v) is 4.45. The summed E-state index contributed by atoms with van der Waals surface area (Å²) in [5, 5.41) is 0. The first-order chi connectivity index (χ1) is 9.72. The van der Waals surface area contributed by atoms with Crippen LogP contribution < -0.4 is 10.5 Å². The first kappa shape index (κ1) is 15.0. The molecule has 3 heteroatoms. The van der Waals surface area contributed by atoms with Gasteiger partial charge in [0.15, 0.2) is 0 Å². The second-order valence-electron chi connectivity index (χ2n) is 5.77. The van der Waals surface area contributed by atoms with Crippen LogP contribution in [0, 0.1) is 11.8 Å². The van der Waals surface area contributed by atoms with E-state index in [1.54, 1.807) is 7.11 Å². The van der Waals surface area contributed by atoms with Gasteiger partial charge in [0.25, 0.3) is 0 Å². The fourth-order valence-corrected chi connectivity index (χ4v) is 2.98. The lowest BCUT2D eigenvalue weighted by atomic mass is 9.79. The number of rotatable bonds is 6. The van der Waals surface area contributed by atoms with E-state index >= 15 is 0 Å². The SMILES string of the molecule is COc1ccc(CCC(=O)C2CCC(CN)CC2)cc1. The van der Waals surface area contributed by atoms with Gasteiger partial charge in [0.2, 0.25) is 0 Å². The highest BCUT2D eigenvalue weighted by Gasteiger charge is 2.24. The van der Waals surface area contributed by atoms with Gasteiger partial charge in [-0.05, 0) is 62.3 Å². The standard InChI is InChI=1S/C17H25NO2/c1-20-16-9-4-13(5-10-16)6-11-17(19)15-7-2-14(12-18)3-8-15/h4-5,9-10,14-15H,2-3,6-8,11-12,18H2,1H3. The van der Waals surface area contributed by atoms with Crippen LogP contribution in [-0.2, 0) is 11.2 Å². The first-order valence-corrected chi connectivity index (χ1v) is 7.58. The van der Waals surface area contributed by atoms with Gasteiger partial charge in [-0.25, -0.2) is 0 Å². The molecule has 2 rings (SSSR count). The molecule has 1 aliphatic rings. The number of hydrogen-bond acceptors (Lipinski definition) is 3. The molecule has 0 amide bonds. The van der Waals surface area contributed by atoms with Gasteiger partial charge in [0, 0.05) is 12.3 Å². The van der Waals surface area contributed by atoms with Crippen LogP contribution in [0.1, 0.15) is 37.7 Å². The van der Waals surface area contributed by atoms with Crippen molar-refractivity contribution in [3.8, 4) is 5.75 Å². The number of methoxy groups -OCH3 is 1. The van der Waals surface area contributed by atoms with E-state index in [4.69, 9.17) is 10.5 Å². The summed E-state index contributed by atoms with van der Waals surface area (Å²) in [6.45, 7) is 0.771. The molecule has 0 spiro atoms. The molecule has 1 saturated carbocycles. The number of benzene rings is 1. The van der Waals surface area contributed by atoms with Gasteiger partial charge >= 0.3 is 0 Å². The lowest BCUT2D eigenvalue weighted by molar-refractivity contribution is -0.124. The number of ketones is 1. The van der Waals surface area contributed by atoms with Crippen molar-refractivity contribution < 1.29 is 9.53 Å². The van der Waals surface area contributed by atoms with Crippen molar-refractivity contribution >= 4 is 5.78 Å². The van der Waals surface area contributed by atoms with Gasteiger partial charge in [-0.15, -0.1) is 0 Å². The van der Waals surface area contributed by atoms with Crippen molar-refractivity contribution in [1.29, 1.82) is 0 Å². The van der Waals surface area contributed by atoms with E-state index in [9.17, 15) is 4.79 Å². The normalized spacial score (nSPS) is 22.5. The van der Waals surface area contributed by atoms with Crippen molar-refractivity contribution in [2.45, 2.75) is 38.5 Å². The second-order valence-corrected chi connectivity index (χ2v) is 5.77. The Balaban J connectivity index is 1.77. The molecular weight excluding hydrogens is 250 g/mol. The molecule has 0 unspecified atom stereocenters. The predicted octanol–water partition coefficient (Wildman–Crippen LogP) is 2.96. The molecule has 2 N–H and O–H groups in total. The van der Waals surface area contributed by atoms with Crippen molar-refractivity contribution in [1.82, 2.24) is 0 Å². The van der Waals surface area contributed by atoms with Crippen LogP contribution in [0.5, 0.6) is 5.75 Å². The van der Waals surface area contributed by atoms with Crippen LogP contribution in [0.15, 0.2) is 24.3 Å². The number of carbonyl (C=O) groups is 1. The van der Waals surface area contributed by atoms with Crippen LogP contribution in [-0.4, -0.2) is 19.4 Å². The van der Waals surface area contributed by atoms with E-state index in [0.717, 1.165) is 44.4 Å². The van der Waals surface area contributed by atoms with Gasteiger partial charge in [-0.1, -0.05) is 12.1 Å². The van der Waals surface area contributed by atoms with Crippen LogP contribution in [0.2, 0.25) is 0 Å². The average molecular weight is 275 g/mol. The van der Waals surface area contributed by atoms with Crippen LogP contribution in [0.3, 0.4) is 0 Å². The maximum absolute atomic E-state index is 12.2. The molecule has 1 aromatic rings. The molecule has 0 aliphatic heterocycles. The Morgan fingerprint density at radius 3 is 2.40 bits per heavy atom. The second kappa shape index (κ2) is 7.44. The van der Waals surface area contributed by atoms with Gasteiger partial charge in [-0.2, -0.15) is 0 Å². The molecule has 20 heavy (non-hydrogen) atoms. The predicted molar refractivity (Wildman–Crippen MR) is 80.8 cm³/mol. The maximum Gasteiger partial charge on any atom is 0.136 e. The summed E-state index contributed by atoms with van der Waals surface area (Å²) in [6, 6.07) is 7.98. The minimum absolute atomic E-state index is 0.274. The van der Waals surface area contributed by atoms with Crippen LogP contribution in [0.25, 0.3) is 0 Å². The van der Waals surface area contributed by atoms with Gasteiger partial charge in [0.1, 0.15) is 11.5 Å². The number of Topliss-reactive ketones (excluding diaryl/α,β-unsaturated/α-hetero) is 1. The summed E-state index contributed by atoms with van der Waals surface area (Å²) in [5.41, 5.74) is 6.89. The summed E-state index contributed by atoms with van der Waals surface area (Å²) in [6.07, 6.45) is 5.79. The van der Waals surface area contributed by atoms with E-state index in [2.05, 4.69) is 0 Å². The van der Waals surface area contributed by atoms with Crippen molar-refractivity contribution in [3.63, 3.8) is 0 Å². The molecule has 0 bridgehead atoms. The summed E-state index contributed by atoms with van der Waals surface area (Å²) in [5.74, 6) is 2.20. The van der Waals surface area contributed by atoms with Gasteiger partial charge in [-0.3, -0.25) is 4.79 Å². The molecule has 3 nitrogen and oxygen atoms in total. The van der Waals surface area contributed by atoms with Gasteiger partial charge < -0.3 is 10.5 Å². The quantitative estimate of drug-likeness (QED) is 0.868. The zero-order valence-corrected chi connectivity index (χ0v) is 12.3. The average Bonchev–Trinajstić information content (AvgIpc) is 2.53. The van der Waals surface area contributed by atoms with Crippen LogP contribution >= 0.6 is 0 Å². The van der Waals surface area contributed by atoms with E-state index in [1.165, 1.54) is 5.56 Å². The molecule has 0 aromatic heterocycles. The Bertz CT molecular complexity index is 419. The Morgan fingerprint density at radius 1 is 1.20 bits per heavy atom. The zero-order chi connectivity index (χ0) is 14.4. The fraction of sp³-hybridized carbons (Fsp3) is 0.588. The molecule has 110 valence electrons. The van der Waals surface area contributed by atoms with Gasteiger partial charge in [0.05, 0.1) is 7.11 Å². The smallest absolute Gasteiger partial charge is 0.136 e.